The van der Waals surface area contributed by atoms with E-state index in [1.165, 1.54) is 45.3 Å². The zero-order chi connectivity index (χ0) is 11.5. The van der Waals surface area contributed by atoms with Crippen molar-refractivity contribution in [3.63, 3.8) is 0 Å². The number of hydrogen-bond acceptors (Lipinski definition) is 2. The van der Waals surface area contributed by atoms with Crippen molar-refractivity contribution < 1.29 is 0 Å². The average Bonchev–Trinajstić information content (AvgIpc) is 3.16. The topological polar surface area (TPSA) is 15.3 Å². The summed E-state index contributed by atoms with van der Waals surface area (Å²) in [7, 11) is 0. The zero-order valence-electron chi connectivity index (χ0n) is 11.2. The Bertz CT molecular complexity index is 193. The number of rotatable bonds is 8. The average molecular weight is 224 g/mol. The summed E-state index contributed by atoms with van der Waals surface area (Å²) < 4.78 is 0. The van der Waals surface area contributed by atoms with E-state index >= 15 is 0 Å². The van der Waals surface area contributed by atoms with Crippen molar-refractivity contribution >= 4 is 0 Å². The molecule has 0 amide bonds. The highest BCUT2D eigenvalue weighted by Crippen LogP contribution is 2.44. The molecule has 0 aliphatic heterocycles. The van der Waals surface area contributed by atoms with E-state index in [9.17, 15) is 0 Å². The highest BCUT2D eigenvalue weighted by molar-refractivity contribution is 4.97. The smallest absolute Gasteiger partial charge is 0.0169 e. The van der Waals surface area contributed by atoms with Crippen molar-refractivity contribution in [2.24, 2.45) is 11.8 Å². The number of nitrogens with zero attached hydrogens (tertiary/aromatic N) is 1. The first-order valence-corrected chi connectivity index (χ1v) is 7.23. The van der Waals surface area contributed by atoms with Gasteiger partial charge in [-0.05, 0) is 57.5 Å². The highest BCUT2D eigenvalue weighted by Gasteiger charge is 2.41. The van der Waals surface area contributed by atoms with Gasteiger partial charge >= 0.3 is 0 Å². The summed E-state index contributed by atoms with van der Waals surface area (Å²) in [6, 6.07) is 1.51. The van der Waals surface area contributed by atoms with Crippen LogP contribution in [-0.2, 0) is 0 Å². The molecular formula is C14H28N2. The number of likely N-dealkylation sites (N-methyl/N-ethyl adjacent to an activating group) is 1. The number of nitrogens with one attached hydrogen (secondary N) is 1. The molecule has 2 heteroatoms. The first-order valence-electron chi connectivity index (χ1n) is 7.23. The molecule has 1 unspecified atom stereocenters. The van der Waals surface area contributed by atoms with E-state index in [4.69, 9.17) is 0 Å². The van der Waals surface area contributed by atoms with E-state index in [2.05, 4.69) is 31.0 Å². The van der Waals surface area contributed by atoms with Gasteiger partial charge in [-0.3, -0.25) is 0 Å². The molecule has 1 atom stereocenters. The molecule has 0 bridgehead atoms. The monoisotopic (exact) mass is 224 g/mol. The molecule has 2 rings (SSSR count). The second-order valence-electron chi connectivity index (χ2n) is 5.75. The summed E-state index contributed by atoms with van der Waals surface area (Å²) in [5.74, 6) is 2.04. The molecule has 0 aromatic heterocycles. The Labute approximate surface area is 101 Å². The predicted octanol–water partition coefficient (Wildman–Crippen LogP) is 2.49. The lowest BCUT2D eigenvalue weighted by Crippen LogP contribution is -2.45. The summed E-state index contributed by atoms with van der Waals surface area (Å²) in [6.45, 7) is 10.4. The maximum atomic E-state index is 3.90. The van der Waals surface area contributed by atoms with Gasteiger partial charge in [0.05, 0.1) is 0 Å². The summed E-state index contributed by atoms with van der Waals surface area (Å²) in [5, 5.41) is 3.90. The minimum atomic E-state index is 0.658. The summed E-state index contributed by atoms with van der Waals surface area (Å²) in [5.41, 5.74) is 0. The van der Waals surface area contributed by atoms with Gasteiger partial charge in [-0.1, -0.05) is 13.8 Å². The van der Waals surface area contributed by atoms with Crippen LogP contribution >= 0.6 is 0 Å². The van der Waals surface area contributed by atoms with Gasteiger partial charge < -0.3 is 10.2 Å². The molecule has 94 valence electrons. The lowest BCUT2D eigenvalue weighted by molar-refractivity contribution is 0.250. The van der Waals surface area contributed by atoms with Gasteiger partial charge in [0.25, 0.3) is 0 Å². The minimum absolute atomic E-state index is 0.658. The lowest BCUT2D eigenvalue weighted by Gasteiger charge is -2.28. The minimum Gasteiger partial charge on any atom is -0.310 e. The molecule has 2 fully saturated rings. The normalized spacial score (nSPS) is 23.1. The van der Waals surface area contributed by atoms with Crippen LogP contribution in [0.5, 0.6) is 0 Å². The van der Waals surface area contributed by atoms with Gasteiger partial charge in [-0.15, -0.1) is 0 Å². The fourth-order valence-electron chi connectivity index (χ4n) is 2.82. The molecule has 0 radical (unpaired) electrons. The molecule has 0 spiro atoms. The van der Waals surface area contributed by atoms with Crippen LogP contribution in [0.15, 0.2) is 0 Å². The summed E-state index contributed by atoms with van der Waals surface area (Å²) in [6.07, 6.45) is 5.91. The molecule has 0 heterocycles. The first kappa shape index (κ1) is 12.4. The summed E-state index contributed by atoms with van der Waals surface area (Å²) >= 11 is 0. The van der Waals surface area contributed by atoms with Crippen molar-refractivity contribution in [3.05, 3.63) is 0 Å². The molecule has 2 aliphatic carbocycles. The Balaban J connectivity index is 1.73. The molecule has 0 aromatic carbocycles. The Morgan fingerprint density at radius 3 is 1.94 bits per heavy atom. The molecule has 2 nitrogen and oxygen atoms in total. The van der Waals surface area contributed by atoms with Crippen molar-refractivity contribution in [1.29, 1.82) is 0 Å². The van der Waals surface area contributed by atoms with E-state index in [0.29, 0.717) is 6.04 Å². The Kier molecular flexibility index (Phi) is 4.26. The van der Waals surface area contributed by atoms with Crippen LogP contribution in [0, 0.1) is 11.8 Å². The van der Waals surface area contributed by atoms with Gasteiger partial charge in [-0.25, -0.2) is 0 Å². The molecule has 0 saturated heterocycles. The third-order valence-corrected chi connectivity index (χ3v) is 4.16. The quantitative estimate of drug-likeness (QED) is 0.681. The predicted molar refractivity (Wildman–Crippen MR) is 69.6 cm³/mol. The standard InChI is InChI=1S/C14H28N2/c1-4-16(5-2)10-11(3)15-14(12-6-7-12)13-8-9-13/h11-15H,4-10H2,1-3H3. The molecule has 2 saturated carbocycles. The fraction of sp³-hybridized carbons (Fsp3) is 1.00. The number of hydrogen-bond donors (Lipinski definition) is 1. The Morgan fingerprint density at radius 1 is 1.06 bits per heavy atom. The van der Waals surface area contributed by atoms with Gasteiger partial charge in [0.1, 0.15) is 0 Å². The maximum Gasteiger partial charge on any atom is 0.0169 e. The van der Waals surface area contributed by atoms with E-state index < -0.39 is 0 Å². The third-order valence-electron chi connectivity index (χ3n) is 4.16. The third kappa shape index (κ3) is 3.46. The van der Waals surface area contributed by atoms with Crippen molar-refractivity contribution in [2.45, 2.75) is 58.5 Å². The highest BCUT2D eigenvalue weighted by atomic mass is 15.1. The van der Waals surface area contributed by atoms with Crippen molar-refractivity contribution in [1.82, 2.24) is 10.2 Å². The Hall–Kier alpha value is -0.0800. The van der Waals surface area contributed by atoms with E-state index in [1.54, 1.807) is 0 Å². The van der Waals surface area contributed by atoms with Crippen LogP contribution < -0.4 is 5.32 Å². The molecule has 0 aromatic rings. The molecular weight excluding hydrogens is 196 g/mol. The van der Waals surface area contributed by atoms with E-state index in [1.807, 2.05) is 0 Å². The lowest BCUT2D eigenvalue weighted by atomic mass is 10.1. The second-order valence-corrected chi connectivity index (χ2v) is 5.75. The van der Waals surface area contributed by atoms with Crippen LogP contribution in [0.25, 0.3) is 0 Å². The largest absolute Gasteiger partial charge is 0.310 e. The van der Waals surface area contributed by atoms with E-state index in [0.717, 1.165) is 17.9 Å². The molecule has 2 aliphatic rings. The van der Waals surface area contributed by atoms with Gasteiger partial charge in [0.15, 0.2) is 0 Å². The summed E-state index contributed by atoms with van der Waals surface area (Å²) in [4.78, 5) is 2.52. The first-order chi connectivity index (χ1) is 7.74. The van der Waals surface area contributed by atoms with Crippen LogP contribution in [0.1, 0.15) is 46.5 Å². The van der Waals surface area contributed by atoms with Crippen LogP contribution in [-0.4, -0.2) is 36.6 Å². The second kappa shape index (κ2) is 5.50. The van der Waals surface area contributed by atoms with Crippen LogP contribution in [0.3, 0.4) is 0 Å². The Morgan fingerprint density at radius 2 is 1.56 bits per heavy atom. The van der Waals surface area contributed by atoms with Gasteiger partial charge in [-0.2, -0.15) is 0 Å². The van der Waals surface area contributed by atoms with Crippen LogP contribution in [0.2, 0.25) is 0 Å². The van der Waals surface area contributed by atoms with Gasteiger partial charge in [0.2, 0.25) is 0 Å². The van der Waals surface area contributed by atoms with Crippen molar-refractivity contribution in [3.8, 4) is 0 Å². The van der Waals surface area contributed by atoms with Gasteiger partial charge in [0, 0.05) is 18.6 Å². The SMILES string of the molecule is CCN(CC)CC(C)NC(C1CC1)C1CC1. The fourth-order valence-corrected chi connectivity index (χ4v) is 2.82. The van der Waals surface area contributed by atoms with Crippen molar-refractivity contribution in [2.75, 3.05) is 19.6 Å². The molecule has 16 heavy (non-hydrogen) atoms. The van der Waals surface area contributed by atoms with Crippen LogP contribution in [0.4, 0.5) is 0 Å². The molecule has 1 N–H and O–H groups in total. The van der Waals surface area contributed by atoms with E-state index in [-0.39, 0.29) is 0 Å². The maximum absolute atomic E-state index is 3.90. The zero-order valence-corrected chi connectivity index (χ0v) is 11.2.